The van der Waals surface area contributed by atoms with Gasteiger partial charge in [-0.2, -0.15) is 13.2 Å². The Balaban J connectivity index is 2.61. The summed E-state index contributed by atoms with van der Waals surface area (Å²) in [7, 11) is -4.01. The molecule has 0 saturated heterocycles. The Bertz CT molecular complexity index is 546. The summed E-state index contributed by atoms with van der Waals surface area (Å²) in [6.45, 7) is -0.115. The van der Waals surface area contributed by atoms with Gasteiger partial charge in [-0.05, 0) is 30.0 Å². The van der Waals surface area contributed by atoms with Crippen LogP contribution in [0, 0.1) is 5.82 Å². The lowest BCUT2D eigenvalue weighted by Crippen LogP contribution is -2.13. The minimum Gasteiger partial charge on any atom is -0.382 e. The van der Waals surface area contributed by atoms with Crippen LogP contribution in [-0.2, 0) is 10.0 Å². The Labute approximate surface area is 111 Å². The van der Waals surface area contributed by atoms with Crippen LogP contribution in [0.2, 0.25) is 0 Å². The fourth-order valence-corrected chi connectivity index (χ4v) is 2.13. The molecular formula is C9H10F4N2O2S2. The van der Waals surface area contributed by atoms with E-state index in [0.29, 0.717) is 6.07 Å². The second-order valence-electron chi connectivity index (χ2n) is 3.41. The van der Waals surface area contributed by atoms with E-state index in [1.807, 2.05) is 0 Å². The molecule has 10 heteroatoms. The van der Waals surface area contributed by atoms with Gasteiger partial charge in [-0.15, -0.1) is 0 Å². The molecule has 4 nitrogen and oxygen atoms in total. The number of nitrogens with two attached hydrogens (primary N) is 1. The molecular weight excluding hydrogens is 308 g/mol. The predicted octanol–water partition coefficient (Wildman–Crippen LogP) is 2.14. The maximum absolute atomic E-state index is 13.4. The summed E-state index contributed by atoms with van der Waals surface area (Å²) in [5.41, 5.74) is -4.42. The molecule has 0 atom stereocenters. The van der Waals surface area contributed by atoms with Crippen LogP contribution in [0.1, 0.15) is 0 Å². The van der Waals surface area contributed by atoms with E-state index < -0.39 is 26.2 Å². The van der Waals surface area contributed by atoms with Crippen molar-refractivity contribution >= 4 is 27.5 Å². The largest absolute Gasteiger partial charge is 0.441 e. The third-order valence-corrected chi connectivity index (χ3v) is 3.60. The number of primary sulfonamides is 1. The number of benzene rings is 1. The first-order chi connectivity index (χ1) is 8.59. The smallest absolute Gasteiger partial charge is 0.382 e. The summed E-state index contributed by atoms with van der Waals surface area (Å²) in [5.74, 6) is -1.19. The molecule has 3 N–H and O–H groups in total. The van der Waals surface area contributed by atoms with Crippen molar-refractivity contribution in [2.75, 3.05) is 17.6 Å². The van der Waals surface area contributed by atoms with Gasteiger partial charge >= 0.3 is 5.51 Å². The van der Waals surface area contributed by atoms with Crippen LogP contribution in [0.3, 0.4) is 0 Å². The third kappa shape index (κ3) is 5.66. The standard InChI is InChI=1S/C9H10F4N2O2S2/c10-7-5-6(19(14,16)17)1-2-8(7)15-3-4-18-9(11,12)13/h1-2,5,15H,3-4H2,(H2,14,16,17). The van der Waals surface area contributed by atoms with E-state index in [1.165, 1.54) is 0 Å². The average molecular weight is 318 g/mol. The zero-order chi connectivity index (χ0) is 14.7. The molecule has 0 heterocycles. The first-order valence-corrected chi connectivity index (χ1v) is 7.40. The van der Waals surface area contributed by atoms with Crippen molar-refractivity contribution in [3.63, 3.8) is 0 Å². The predicted molar refractivity (Wildman–Crippen MR) is 64.8 cm³/mol. The Hall–Kier alpha value is -1.00. The SMILES string of the molecule is NS(=O)(=O)c1ccc(NCCSC(F)(F)F)c(F)c1. The molecule has 19 heavy (non-hydrogen) atoms. The van der Waals surface area contributed by atoms with E-state index in [9.17, 15) is 26.0 Å². The summed E-state index contributed by atoms with van der Waals surface area (Å²) in [4.78, 5) is -0.403. The summed E-state index contributed by atoms with van der Waals surface area (Å²) in [6, 6.07) is 2.87. The van der Waals surface area contributed by atoms with Crippen LogP contribution in [0.4, 0.5) is 23.2 Å². The molecule has 0 aliphatic heterocycles. The number of alkyl halides is 3. The number of thioether (sulfide) groups is 1. The first kappa shape index (κ1) is 16.1. The number of rotatable bonds is 5. The molecule has 0 aliphatic rings. The minimum absolute atomic E-state index is 0.0878. The van der Waals surface area contributed by atoms with Gasteiger partial charge in [0.05, 0.1) is 10.6 Å². The molecule has 0 fully saturated rings. The normalized spacial score (nSPS) is 12.5. The van der Waals surface area contributed by atoms with Crippen molar-refractivity contribution in [3.8, 4) is 0 Å². The molecule has 0 amide bonds. The third-order valence-electron chi connectivity index (χ3n) is 1.95. The second-order valence-corrected chi connectivity index (χ2v) is 6.13. The topological polar surface area (TPSA) is 72.2 Å². The van der Waals surface area contributed by atoms with Crippen LogP contribution in [-0.4, -0.2) is 26.2 Å². The zero-order valence-corrected chi connectivity index (χ0v) is 11.0. The van der Waals surface area contributed by atoms with Crippen LogP contribution < -0.4 is 10.5 Å². The lowest BCUT2D eigenvalue weighted by atomic mass is 10.3. The Morgan fingerprint density at radius 3 is 2.42 bits per heavy atom. The Morgan fingerprint density at radius 1 is 1.32 bits per heavy atom. The van der Waals surface area contributed by atoms with Crippen molar-refractivity contribution in [1.82, 2.24) is 0 Å². The van der Waals surface area contributed by atoms with Crippen molar-refractivity contribution in [2.24, 2.45) is 5.14 Å². The summed E-state index contributed by atoms with van der Waals surface area (Å²) in [5, 5.41) is 7.23. The number of sulfonamides is 1. The highest BCUT2D eigenvalue weighted by molar-refractivity contribution is 8.00. The van der Waals surface area contributed by atoms with Gasteiger partial charge in [0, 0.05) is 12.3 Å². The van der Waals surface area contributed by atoms with Gasteiger partial charge < -0.3 is 5.32 Å². The lowest BCUT2D eigenvalue weighted by Gasteiger charge is -2.09. The summed E-state index contributed by atoms with van der Waals surface area (Å²) in [6.07, 6.45) is 0. The first-order valence-electron chi connectivity index (χ1n) is 4.86. The molecule has 1 rings (SSSR count). The number of nitrogens with one attached hydrogen (secondary N) is 1. The van der Waals surface area contributed by atoms with E-state index in [4.69, 9.17) is 5.14 Å². The minimum atomic E-state index is -4.34. The lowest BCUT2D eigenvalue weighted by molar-refractivity contribution is -0.0327. The van der Waals surface area contributed by atoms with Crippen LogP contribution in [0.5, 0.6) is 0 Å². The Morgan fingerprint density at radius 2 is 1.95 bits per heavy atom. The van der Waals surface area contributed by atoms with Crippen molar-refractivity contribution in [2.45, 2.75) is 10.4 Å². The monoisotopic (exact) mass is 318 g/mol. The fraction of sp³-hybridized carbons (Fsp3) is 0.333. The van der Waals surface area contributed by atoms with Gasteiger partial charge in [0.2, 0.25) is 10.0 Å². The zero-order valence-electron chi connectivity index (χ0n) is 9.37. The highest BCUT2D eigenvalue weighted by atomic mass is 32.2. The maximum Gasteiger partial charge on any atom is 0.441 e. The molecule has 1 aromatic rings. The average Bonchev–Trinajstić information content (AvgIpc) is 2.23. The molecule has 0 radical (unpaired) electrons. The molecule has 1 aromatic carbocycles. The molecule has 0 aliphatic carbocycles. The van der Waals surface area contributed by atoms with Gasteiger partial charge in [0.25, 0.3) is 0 Å². The molecule has 0 spiro atoms. The van der Waals surface area contributed by atoms with Gasteiger partial charge in [-0.3, -0.25) is 0 Å². The van der Waals surface area contributed by atoms with Crippen molar-refractivity contribution < 1.29 is 26.0 Å². The van der Waals surface area contributed by atoms with Crippen LogP contribution >= 0.6 is 11.8 Å². The second kappa shape index (κ2) is 5.97. The van der Waals surface area contributed by atoms with E-state index in [2.05, 4.69) is 5.32 Å². The Kier molecular flexibility index (Phi) is 5.04. The summed E-state index contributed by atoms with van der Waals surface area (Å²) < 4.78 is 70.8. The molecule has 0 unspecified atom stereocenters. The highest BCUT2D eigenvalue weighted by Gasteiger charge is 2.27. The number of hydrogen-bond acceptors (Lipinski definition) is 4. The van der Waals surface area contributed by atoms with Gasteiger partial charge in [0.15, 0.2) is 0 Å². The highest BCUT2D eigenvalue weighted by Crippen LogP contribution is 2.29. The summed E-state index contributed by atoms with van der Waals surface area (Å²) >= 11 is -0.235. The van der Waals surface area contributed by atoms with Gasteiger partial charge in [0.1, 0.15) is 5.82 Å². The number of halogens is 4. The maximum atomic E-state index is 13.4. The quantitative estimate of drug-likeness (QED) is 0.644. The van der Waals surface area contributed by atoms with Gasteiger partial charge in [-0.1, -0.05) is 0 Å². The van der Waals surface area contributed by atoms with Crippen LogP contribution in [0.25, 0.3) is 0 Å². The fourth-order valence-electron chi connectivity index (χ4n) is 1.17. The van der Waals surface area contributed by atoms with E-state index in [-0.39, 0.29) is 29.7 Å². The van der Waals surface area contributed by atoms with Crippen molar-refractivity contribution in [3.05, 3.63) is 24.0 Å². The van der Waals surface area contributed by atoms with E-state index in [0.717, 1.165) is 12.1 Å². The molecule has 0 saturated carbocycles. The molecule has 108 valence electrons. The molecule has 0 aromatic heterocycles. The van der Waals surface area contributed by atoms with E-state index >= 15 is 0 Å². The molecule has 0 bridgehead atoms. The number of anilines is 1. The van der Waals surface area contributed by atoms with Gasteiger partial charge in [-0.25, -0.2) is 17.9 Å². The number of hydrogen-bond donors (Lipinski definition) is 2. The van der Waals surface area contributed by atoms with Crippen LogP contribution in [0.15, 0.2) is 23.1 Å². The van der Waals surface area contributed by atoms with Crippen molar-refractivity contribution in [1.29, 1.82) is 0 Å². The van der Waals surface area contributed by atoms with E-state index in [1.54, 1.807) is 0 Å².